The fourth-order valence-corrected chi connectivity index (χ4v) is 8.61. The van der Waals surface area contributed by atoms with Crippen molar-refractivity contribution in [2.75, 3.05) is 31.5 Å². The zero-order valence-electron chi connectivity index (χ0n) is 33.3. The molecule has 2 aromatic heterocycles. The van der Waals surface area contributed by atoms with E-state index in [0.29, 0.717) is 50.2 Å². The first-order valence-electron chi connectivity index (χ1n) is 20.7. The molecule has 312 valence electrons. The molecule has 3 aliphatic rings. The van der Waals surface area contributed by atoms with Crippen molar-refractivity contribution in [3.8, 4) is 0 Å². The standard InChI is InChI=1S/C45H48F2N8O5/c46-34-12-15-37(47)36(27-34)40-9-4-23-54(40)55(45(59)60-44(58)39-28-41-48-20-5-21-53(41)51-39)22-2-1-6-30-7-3-8-31(26-30)29-52-24-18-33(19-25-52)32-10-13-35(14-11-32)49-38-16-17-42(56)50-43(38)57/h3,5,7-8,10-15,20-21,26-28,33,38,40,49H,1-2,4,6,9,16-19,22-25,29H2,(H,50,56,57)/t38?,40-/m1/s1. The monoisotopic (exact) mass is 818 g/mol. The number of aryl methyl sites for hydroxylation is 1. The number of rotatable bonds is 13. The highest BCUT2D eigenvalue weighted by atomic mass is 19.1. The summed E-state index contributed by atoms with van der Waals surface area (Å²) >= 11 is 0. The molecule has 2 N–H and O–H groups in total. The zero-order chi connectivity index (χ0) is 41.6. The minimum Gasteiger partial charge on any atom is -0.374 e. The molecule has 0 aliphatic carbocycles. The van der Waals surface area contributed by atoms with Crippen molar-refractivity contribution in [3.05, 3.63) is 131 Å². The molecule has 3 amide bonds. The number of halogens is 2. The molecule has 3 aliphatic heterocycles. The van der Waals surface area contributed by atoms with E-state index in [-0.39, 0.29) is 29.6 Å². The molecule has 0 bridgehead atoms. The number of fused-ring (bicyclic) bond motifs is 1. The van der Waals surface area contributed by atoms with Gasteiger partial charge in [-0.2, -0.15) is 5.10 Å². The zero-order valence-corrected chi connectivity index (χ0v) is 33.3. The van der Waals surface area contributed by atoms with E-state index in [2.05, 4.69) is 62.0 Å². The Morgan fingerprint density at radius 1 is 0.900 bits per heavy atom. The number of piperidine rings is 2. The van der Waals surface area contributed by atoms with Crippen LogP contribution in [0.5, 0.6) is 0 Å². The van der Waals surface area contributed by atoms with Crippen molar-refractivity contribution in [3.63, 3.8) is 0 Å². The summed E-state index contributed by atoms with van der Waals surface area (Å²) < 4.78 is 36.1. The maximum absolute atomic E-state index is 15.0. The number of esters is 1. The van der Waals surface area contributed by atoms with E-state index in [1.54, 1.807) is 23.5 Å². The fourth-order valence-electron chi connectivity index (χ4n) is 8.61. The molecular formula is C45H48F2N8O5. The molecule has 15 heteroatoms. The van der Waals surface area contributed by atoms with Gasteiger partial charge in [0.2, 0.25) is 11.8 Å². The first kappa shape index (κ1) is 40.7. The van der Waals surface area contributed by atoms with Crippen LogP contribution in [0, 0.1) is 11.6 Å². The van der Waals surface area contributed by atoms with Crippen LogP contribution in [0.15, 0.2) is 91.3 Å². The van der Waals surface area contributed by atoms with Crippen molar-refractivity contribution >= 4 is 35.2 Å². The molecule has 1 unspecified atom stereocenters. The van der Waals surface area contributed by atoms with Gasteiger partial charge in [-0.15, -0.1) is 0 Å². The Morgan fingerprint density at radius 3 is 2.52 bits per heavy atom. The molecule has 3 fully saturated rings. The molecule has 2 atom stereocenters. The fraction of sp³-hybridized carbons (Fsp3) is 0.378. The second-order valence-electron chi connectivity index (χ2n) is 15.8. The van der Waals surface area contributed by atoms with Crippen LogP contribution >= 0.6 is 0 Å². The number of anilines is 1. The predicted molar refractivity (Wildman–Crippen MR) is 218 cm³/mol. The third-order valence-electron chi connectivity index (χ3n) is 11.7. The van der Waals surface area contributed by atoms with Crippen molar-refractivity contribution in [2.24, 2.45) is 0 Å². The van der Waals surface area contributed by atoms with Gasteiger partial charge in [0.25, 0.3) is 0 Å². The minimum absolute atomic E-state index is 0.0757. The third kappa shape index (κ3) is 9.69. The van der Waals surface area contributed by atoms with Gasteiger partial charge in [0.1, 0.15) is 17.7 Å². The topological polar surface area (TPSA) is 141 Å². The van der Waals surface area contributed by atoms with E-state index in [9.17, 15) is 23.6 Å². The van der Waals surface area contributed by atoms with Gasteiger partial charge in [-0.05, 0) is 123 Å². The molecular weight excluding hydrogens is 771 g/mol. The summed E-state index contributed by atoms with van der Waals surface area (Å²) in [4.78, 5) is 57.1. The average Bonchev–Trinajstić information content (AvgIpc) is 3.92. The summed E-state index contributed by atoms with van der Waals surface area (Å²) in [6, 6.07) is 22.3. The minimum atomic E-state index is -0.931. The Balaban J connectivity index is 0.847. The molecule has 13 nitrogen and oxygen atoms in total. The Kier molecular flexibility index (Phi) is 12.5. The third-order valence-corrected chi connectivity index (χ3v) is 11.7. The number of ether oxygens (including phenoxy) is 1. The Labute approximate surface area is 346 Å². The van der Waals surface area contributed by atoms with Crippen molar-refractivity contribution in [1.29, 1.82) is 0 Å². The molecule has 0 saturated carbocycles. The maximum Gasteiger partial charge on any atom is 0.432 e. The Bertz CT molecular complexity index is 2310. The summed E-state index contributed by atoms with van der Waals surface area (Å²) in [5.74, 6) is -2.11. The smallest absolute Gasteiger partial charge is 0.374 e. The number of benzene rings is 3. The number of unbranched alkanes of at least 4 members (excludes halogenated alkanes) is 1. The van der Waals surface area contributed by atoms with E-state index in [4.69, 9.17) is 4.74 Å². The summed E-state index contributed by atoms with van der Waals surface area (Å²) in [7, 11) is 0. The van der Waals surface area contributed by atoms with E-state index in [1.165, 1.54) is 32.3 Å². The molecule has 3 saturated heterocycles. The highest BCUT2D eigenvalue weighted by Crippen LogP contribution is 2.36. The van der Waals surface area contributed by atoms with Gasteiger partial charge in [-0.1, -0.05) is 36.4 Å². The van der Waals surface area contributed by atoms with E-state index in [1.807, 2.05) is 12.1 Å². The Morgan fingerprint density at radius 2 is 1.72 bits per heavy atom. The van der Waals surface area contributed by atoms with Crippen LogP contribution in [0.3, 0.4) is 0 Å². The summed E-state index contributed by atoms with van der Waals surface area (Å²) in [6.07, 6.45) is 8.42. The molecule has 0 spiro atoms. The molecule has 5 aromatic rings. The molecule has 60 heavy (non-hydrogen) atoms. The van der Waals surface area contributed by atoms with Gasteiger partial charge in [-0.25, -0.2) is 37.9 Å². The lowest BCUT2D eigenvalue weighted by Crippen LogP contribution is -2.47. The van der Waals surface area contributed by atoms with Crippen LogP contribution in [0.2, 0.25) is 0 Å². The summed E-state index contributed by atoms with van der Waals surface area (Å²) in [6.45, 7) is 3.41. The Hall–Kier alpha value is -6.06. The average molecular weight is 819 g/mol. The van der Waals surface area contributed by atoms with Crippen molar-refractivity contribution in [2.45, 2.75) is 82.3 Å². The normalized spacial score (nSPS) is 19.0. The van der Waals surface area contributed by atoms with Crippen LogP contribution in [0.4, 0.5) is 19.3 Å². The molecule has 3 aromatic carbocycles. The lowest BCUT2D eigenvalue weighted by atomic mass is 9.89. The molecule has 5 heterocycles. The maximum atomic E-state index is 15.0. The van der Waals surface area contributed by atoms with Crippen LogP contribution in [-0.4, -0.2) is 85.6 Å². The number of nitrogens with one attached hydrogen (secondary N) is 2. The van der Waals surface area contributed by atoms with E-state index < -0.39 is 35.8 Å². The first-order chi connectivity index (χ1) is 29.2. The molecule has 8 rings (SSSR count). The number of nitrogens with zero attached hydrogens (tertiary/aromatic N) is 6. The number of hydrogen-bond acceptors (Lipinski definition) is 10. The van der Waals surface area contributed by atoms with Crippen LogP contribution in [0.25, 0.3) is 5.65 Å². The van der Waals surface area contributed by atoms with Crippen molar-refractivity contribution < 1.29 is 32.7 Å². The summed E-state index contributed by atoms with van der Waals surface area (Å²) in [5.41, 5.74) is 5.07. The number of imide groups is 1. The van der Waals surface area contributed by atoms with E-state index >= 15 is 4.39 Å². The first-order valence-corrected chi connectivity index (χ1v) is 20.7. The second-order valence-corrected chi connectivity index (χ2v) is 15.8. The molecule has 0 radical (unpaired) electrons. The van der Waals surface area contributed by atoms with Crippen LogP contribution < -0.4 is 10.6 Å². The highest BCUT2D eigenvalue weighted by Gasteiger charge is 2.37. The number of amides is 3. The number of hydrogen-bond donors (Lipinski definition) is 2. The number of hydrazine groups is 1. The number of likely N-dealkylation sites (tertiary alicyclic amines) is 1. The van der Waals surface area contributed by atoms with Crippen LogP contribution in [0.1, 0.15) is 96.1 Å². The van der Waals surface area contributed by atoms with Gasteiger partial charge < -0.3 is 10.1 Å². The van der Waals surface area contributed by atoms with Gasteiger partial charge in [-0.3, -0.25) is 19.8 Å². The number of carbonyl (C=O) groups is 4. The lowest BCUT2D eigenvalue weighted by molar-refractivity contribution is -0.133. The number of aromatic nitrogens is 3. The van der Waals surface area contributed by atoms with Crippen LogP contribution in [-0.2, 0) is 27.3 Å². The summed E-state index contributed by atoms with van der Waals surface area (Å²) in [5, 5.41) is 12.9. The van der Waals surface area contributed by atoms with Gasteiger partial charge >= 0.3 is 12.1 Å². The van der Waals surface area contributed by atoms with Gasteiger partial charge in [0.15, 0.2) is 11.3 Å². The van der Waals surface area contributed by atoms with E-state index in [0.717, 1.165) is 69.2 Å². The van der Waals surface area contributed by atoms with Crippen molar-refractivity contribution in [1.82, 2.24) is 34.8 Å². The SMILES string of the molecule is O=C1CCC(Nc2ccc(C3CCN(Cc4cccc(CCCCN(C(=O)OC(=O)c5cc6ncccn6n5)N5CCC[C@@H]5c5cc(F)ccc5F)c4)CC3)cc2)C(=O)N1. The largest absolute Gasteiger partial charge is 0.432 e. The highest BCUT2D eigenvalue weighted by molar-refractivity contribution is 6.01. The lowest BCUT2D eigenvalue weighted by Gasteiger charge is -2.35. The number of carbonyl (C=O) groups excluding carboxylic acids is 4. The van der Waals surface area contributed by atoms with Gasteiger partial charge in [0, 0.05) is 55.8 Å². The van der Waals surface area contributed by atoms with Gasteiger partial charge in [0.05, 0.1) is 6.04 Å². The predicted octanol–water partition coefficient (Wildman–Crippen LogP) is 6.96. The second kappa shape index (κ2) is 18.5. The quantitative estimate of drug-likeness (QED) is 0.0555.